The summed E-state index contributed by atoms with van der Waals surface area (Å²) in [6, 6.07) is 4.31. The number of hydrogen-bond donors (Lipinski definition) is 2. The lowest BCUT2D eigenvalue weighted by atomic mass is 10.1. The molecule has 1 rings (SSSR count). The Labute approximate surface area is 87.9 Å². The van der Waals surface area contributed by atoms with Gasteiger partial charge in [0.25, 0.3) is 0 Å². The van der Waals surface area contributed by atoms with E-state index in [9.17, 15) is 9.18 Å². The number of halogens is 1. The van der Waals surface area contributed by atoms with Gasteiger partial charge in [0.1, 0.15) is 5.82 Å². The first-order valence-corrected chi connectivity index (χ1v) is 4.76. The van der Waals surface area contributed by atoms with Crippen LogP contribution in [-0.2, 0) is 11.2 Å². The van der Waals surface area contributed by atoms with Gasteiger partial charge >= 0.3 is 5.97 Å². The third kappa shape index (κ3) is 3.58. The molecule has 0 amide bonds. The standard InChI is InChI=1S/C11H14FNO2/c1-7(2)13-10-4-3-9(12)5-8(10)6-11(14)15/h3-5,7,13H,6H2,1-2H3,(H,14,15). The minimum atomic E-state index is -0.965. The first kappa shape index (κ1) is 11.5. The highest BCUT2D eigenvalue weighted by Gasteiger charge is 2.08. The number of benzene rings is 1. The number of carboxylic acids is 1. The second-order valence-electron chi connectivity index (χ2n) is 3.67. The van der Waals surface area contributed by atoms with E-state index < -0.39 is 11.8 Å². The van der Waals surface area contributed by atoms with E-state index in [0.717, 1.165) is 0 Å². The SMILES string of the molecule is CC(C)Nc1ccc(F)cc1CC(=O)O. The van der Waals surface area contributed by atoms with Crippen LogP contribution in [-0.4, -0.2) is 17.1 Å². The molecule has 0 fully saturated rings. The number of carboxylic acid groups (broad SMARTS) is 1. The number of nitrogens with one attached hydrogen (secondary N) is 1. The Morgan fingerprint density at radius 1 is 1.53 bits per heavy atom. The van der Waals surface area contributed by atoms with Gasteiger partial charge in [-0.3, -0.25) is 4.79 Å². The Bertz CT molecular complexity index is 364. The van der Waals surface area contributed by atoms with E-state index in [0.29, 0.717) is 11.3 Å². The van der Waals surface area contributed by atoms with Crippen LogP contribution in [0.2, 0.25) is 0 Å². The molecule has 0 bridgehead atoms. The molecule has 1 aromatic rings. The molecule has 0 saturated heterocycles. The second-order valence-corrected chi connectivity index (χ2v) is 3.67. The lowest BCUT2D eigenvalue weighted by Crippen LogP contribution is -2.13. The molecule has 0 aromatic heterocycles. The topological polar surface area (TPSA) is 49.3 Å². The van der Waals surface area contributed by atoms with Crippen molar-refractivity contribution in [3.05, 3.63) is 29.6 Å². The van der Waals surface area contributed by atoms with E-state index in [2.05, 4.69) is 5.32 Å². The van der Waals surface area contributed by atoms with Gasteiger partial charge < -0.3 is 10.4 Å². The van der Waals surface area contributed by atoms with E-state index >= 15 is 0 Å². The predicted octanol–water partition coefficient (Wildman–Crippen LogP) is 2.27. The molecule has 15 heavy (non-hydrogen) atoms. The summed E-state index contributed by atoms with van der Waals surface area (Å²) in [6.45, 7) is 3.88. The summed E-state index contributed by atoms with van der Waals surface area (Å²) in [5, 5.41) is 11.7. The smallest absolute Gasteiger partial charge is 0.307 e. The van der Waals surface area contributed by atoms with Crippen molar-refractivity contribution in [2.24, 2.45) is 0 Å². The van der Waals surface area contributed by atoms with Gasteiger partial charge in [0, 0.05) is 11.7 Å². The Balaban J connectivity index is 2.97. The minimum Gasteiger partial charge on any atom is -0.481 e. The molecule has 82 valence electrons. The van der Waals surface area contributed by atoms with Gasteiger partial charge in [-0.25, -0.2) is 4.39 Å². The van der Waals surface area contributed by atoms with Crippen LogP contribution in [0.5, 0.6) is 0 Å². The van der Waals surface area contributed by atoms with Crippen LogP contribution in [0, 0.1) is 5.82 Å². The molecule has 2 N–H and O–H groups in total. The summed E-state index contributed by atoms with van der Waals surface area (Å²) < 4.78 is 12.9. The van der Waals surface area contributed by atoms with Crippen molar-refractivity contribution in [1.29, 1.82) is 0 Å². The highest BCUT2D eigenvalue weighted by molar-refractivity contribution is 5.73. The van der Waals surface area contributed by atoms with E-state index in [1.807, 2.05) is 13.8 Å². The van der Waals surface area contributed by atoms with Gasteiger partial charge in [-0.2, -0.15) is 0 Å². The van der Waals surface area contributed by atoms with Gasteiger partial charge in [-0.15, -0.1) is 0 Å². The van der Waals surface area contributed by atoms with Crippen LogP contribution in [0.15, 0.2) is 18.2 Å². The summed E-state index contributed by atoms with van der Waals surface area (Å²) in [4.78, 5) is 10.6. The van der Waals surface area contributed by atoms with Crippen molar-refractivity contribution in [2.45, 2.75) is 26.3 Å². The summed E-state index contributed by atoms with van der Waals surface area (Å²) in [5.41, 5.74) is 1.14. The Hall–Kier alpha value is -1.58. The van der Waals surface area contributed by atoms with E-state index in [1.165, 1.54) is 12.1 Å². The lowest BCUT2D eigenvalue weighted by molar-refractivity contribution is -0.136. The average Bonchev–Trinajstić information content (AvgIpc) is 2.08. The Kier molecular flexibility index (Phi) is 3.66. The molecule has 0 atom stereocenters. The molecule has 0 radical (unpaired) electrons. The predicted molar refractivity (Wildman–Crippen MR) is 56.5 cm³/mol. The fourth-order valence-corrected chi connectivity index (χ4v) is 1.32. The Morgan fingerprint density at radius 3 is 2.73 bits per heavy atom. The van der Waals surface area contributed by atoms with Gasteiger partial charge in [0.05, 0.1) is 6.42 Å². The van der Waals surface area contributed by atoms with Crippen LogP contribution in [0.3, 0.4) is 0 Å². The van der Waals surface area contributed by atoms with Crippen molar-refractivity contribution < 1.29 is 14.3 Å². The zero-order chi connectivity index (χ0) is 11.4. The maximum atomic E-state index is 12.9. The molecule has 0 aliphatic heterocycles. The minimum absolute atomic E-state index is 0.174. The normalized spacial score (nSPS) is 10.4. The maximum absolute atomic E-state index is 12.9. The highest BCUT2D eigenvalue weighted by atomic mass is 19.1. The molecule has 0 heterocycles. The summed E-state index contributed by atoms with van der Waals surface area (Å²) in [5.74, 6) is -1.38. The van der Waals surface area contributed by atoms with Crippen molar-refractivity contribution in [2.75, 3.05) is 5.32 Å². The zero-order valence-corrected chi connectivity index (χ0v) is 8.75. The molecule has 4 heteroatoms. The van der Waals surface area contributed by atoms with Crippen molar-refractivity contribution in [3.63, 3.8) is 0 Å². The van der Waals surface area contributed by atoms with Crippen molar-refractivity contribution in [3.8, 4) is 0 Å². The highest BCUT2D eigenvalue weighted by Crippen LogP contribution is 2.18. The van der Waals surface area contributed by atoms with Crippen LogP contribution in [0.1, 0.15) is 19.4 Å². The van der Waals surface area contributed by atoms with E-state index in [-0.39, 0.29) is 12.5 Å². The largest absolute Gasteiger partial charge is 0.481 e. The van der Waals surface area contributed by atoms with Gasteiger partial charge in [0.15, 0.2) is 0 Å². The molecule has 0 unspecified atom stereocenters. The molecule has 0 saturated carbocycles. The van der Waals surface area contributed by atoms with Gasteiger partial charge in [-0.1, -0.05) is 0 Å². The summed E-state index contributed by atoms with van der Waals surface area (Å²) in [7, 11) is 0. The molecular weight excluding hydrogens is 197 g/mol. The van der Waals surface area contributed by atoms with E-state index in [1.54, 1.807) is 6.07 Å². The molecule has 3 nitrogen and oxygen atoms in total. The first-order chi connectivity index (χ1) is 6.99. The summed E-state index contributed by atoms with van der Waals surface area (Å²) in [6.07, 6.45) is -0.174. The molecule has 0 spiro atoms. The second kappa shape index (κ2) is 4.77. The maximum Gasteiger partial charge on any atom is 0.307 e. The number of carbonyl (C=O) groups is 1. The fraction of sp³-hybridized carbons (Fsp3) is 0.364. The monoisotopic (exact) mass is 211 g/mol. The Morgan fingerprint density at radius 2 is 2.20 bits per heavy atom. The fourth-order valence-electron chi connectivity index (χ4n) is 1.32. The van der Waals surface area contributed by atoms with Crippen molar-refractivity contribution >= 4 is 11.7 Å². The van der Waals surface area contributed by atoms with Crippen LogP contribution >= 0.6 is 0 Å². The van der Waals surface area contributed by atoms with E-state index in [4.69, 9.17) is 5.11 Å². The average molecular weight is 211 g/mol. The summed E-state index contributed by atoms with van der Waals surface area (Å²) >= 11 is 0. The van der Waals surface area contributed by atoms with Crippen LogP contribution in [0.25, 0.3) is 0 Å². The molecule has 0 aliphatic rings. The number of hydrogen-bond acceptors (Lipinski definition) is 2. The van der Waals surface area contributed by atoms with Gasteiger partial charge in [-0.05, 0) is 37.6 Å². The van der Waals surface area contributed by atoms with Gasteiger partial charge in [0.2, 0.25) is 0 Å². The van der Waals surface area contributed by atoms with Crippen LogP contribution in [0.4, 0.5) is 10.1 Å². The molecular formula is C11H14FNO2. The van der Waals surface area contributed by atoms with Crippen molar-refractivity contribution in [1.82, 2.24) is 0 Å². The third-order valence-electron chi connectivity index (χ3n) is 1.85. The molecule has 1 aromatic carbocycles. The number of aliphatic carboxylic acids is 1. The number of rotatable bonds is 4. The zero-order valence-electron chi connectivity index (χ0n) is 8.75. The first-order valence-electron chi connectivity index (χ1n) is 4.76. The third-order valence-corrected chi connectivity index (χ3v) is 1.85. The number of anilines is 1. The van der Waals surface area contributed by atoms with Crippen LogP contribution < -0.4 is 5.32 Å². The molecule has 0 aliphatic carbocycles. The lowest BCUT2D eigenvalue weighted by Gasteiger charge is -2.13. The quantitative estimate of drug-likeness (QED) is 0.803.